The molecule has 27 heavy (non-hydrogen) atoms. The lowest BCUT2D eigenvalue weighted by molar-refractivity contribution is -0.149. The van der Waals surface area contributed by atoms with Crippen LogP contribution in [-0.4, -0.2) is 47.2 Å². The number of nitrogens with two attached hydrogens (primary N) is 1. The highest BCUT2D eigenvalue weighted by Crippen LogP contribution is 2.33. The van der Waals surface area contributed by atoms with Crippen molar-refractivity contribution >= 4 is 52.5 Å². The average Bonchev–Trinajstić information content (AvgIpc) is 2.80. The van der Waals surface area contributed by atoms with Crippen LogP contribution in [0.3, 0.4) is 0 Å². The maximum absolute atomic E-state index is 12.4. The first-order valence-corrected chi connectivity index (χ1v) is 9.02. The molecule has 2 N–H and O–H groups in total. The third kappa shape index (κ3) is 5.73. The number of carbonyl (C=O) groups excluding carboxylic acids is 4. The monoisotopic (exact) mass is 412 g/mol. The van der Waals surface area contributed by atoms with Crippen molar-refractivity contribution in [3.05, 3.63) is 33.7 Å². The molecular formula is C17H17ClN2O6S. The van der Waals surface area contributed by atoms with Crippen LogP contribution < -0.4 is 10.5 Å². The Hall–Kier alpha value is -2.52. The summed E-state index contributed by atoms with van der Waals surface area (Å²) in [6.07, 6.45) is 1.13. The lowest BCUT2D eigenvalue weighted by Crippen LogP contribution is -2.35. The molecule has 0 unspecified atom stereocenters. The van der Waals surface area contributed by atoms with E-state index < -0.39 is 29.6 Å². The summed E-state index contributed by atoms with van der Waals surface area (Å²) in [5, 5.41) is -0.343. The molecule has 1 aromatic carbocycles. The molecule has 0 saturated carbocycles. The molecule has 1 saturated heterocycles. The van der Waals surface area contributed by atoms with Gasteiger partial charge in [0.1, 0.15) is 12.3 Å². The second kappa shape index (κ2) is 8.92. The van der Waals surface area contributed by atoms with Crippen LogP contribution >= 0.6 is 23.4 Å². The Morgan fingerprint density at radius 3 is 2.63 bits per heavy atom. The average molecular weight is 413 g/mol. The molecule has 144 valence electrons. The predicted octanol–water partition coefficient (Wildman–Crippen LogP) is 2.19. The van der Waals surface area contributed by atoms with Crippen LogP contribution in [0.15, 0.2) is 23.1 Å². The largest absolute Gasteiger partial charge is 0.482 e. The van der Waals surface area contributed by atoms with Crippen molar-refractivity contribution in [2.75, 3.05) is 13.2 Å². The number of esters is 1. The number of imide groups is 1. The van der Waals surface area contributed by atoms with Crippen molar-refractivity contribution in [3.63, 3.8) is 0 Å². The molecule has 1 fully saturated rings. The molecule has 0 atom stereocenters. The predicted molar refractivity (Wildman–Crippen MR) is 100 cm³/mol. The number of benzene rings is 1. The lowest BCUT2D eigenvalue weighted by Gasteiger charge is -2.13. The van der Waals surface area contributed by atoms with E-state index in [1.165, 1.54) is 18.2 Å². The van der Waals surface area contributed by atoms with Crippen LogP contribution in [0, 0.1) is 0 Å². The highest BCUT2D eigenvalue weighted by atomic mass is 35.5. The first-order chi connectivity index (χ1) is 12.7. The maximum atomic E-state index is 12.4. The van der Waals surface area contributed by atoms with Gasteiger partial charge in [-0.05, 0) is 49.4 Å². The zero-order valence-corrected chi connectivity index (χ0v) is 16.1. The SMILES string of the molecule is CC(C)OC(=O)CN1C(=O)SC(=Cc2ccc(OCC(N)=O)c(Cl)c2)C1=O. The summed E-state index contributed by atoms with van der Waals surface area (Å²) in [6.45, 7) is 2.59. The summed E-state index contributed by atoms with van der Waals surface area (Å²) in [5.41, 5.74) is 5.55. The fourth-order valence-electron chi connectivity index (χ4n) is 2.09. The number of carbonyl (C=O) groups is 4. The van der Waals surface area contributed by atoms with Gasteiger partial charge in [0.25, 0.3) is 17.1 Å². The van der Waals surface area contributed by atoms with Gasteiger partial charge in [-0.25, -0.2) is 0 Å². The Kier molecular flexibility index (Phi) is 6.86. The summed E-state index contributed by atoms with van der Waals surface area (Å²) in [6, 6.07) is 4.63. The van der Waals surface area contributed by atoms with Crippen LogP contribution in [0.5, 0.6) is 5.75 Å². The molecule has 0 radical (unpaired) electrons. The van der Waals surface area contributed by atoms with E-state index in [9.17, 15) is 19.2 Å². The van der Waals surface area contributed by atoms with Crippen LogP contribution in [0.1, 0.15) is 19.4 Å². The highest BCUT2D eigenvalue weighted by Gasteiger charge is 2.36. The zero-order valence-electron chi connectivity index (χ0n) is 14.6. The van der Waals surface area contributed by atoms with Gasteiger partial charge < -0.3 is 15.2 Å². The smallest absolute Gasteiger partial charge is 0.326 e. The van der Waals surface area contributed by atoms with Crippen molar-refractivity contribution < 1.29 is 28.7 Å². The fourth-order valence-corrected chi connectivity index (χ4v) is 3.17. The summed E-state index contributed by atoms with van der Waals surface area (Å²) >= 11 is 6.79. The molecular weight excluding hydrogens is 396 g/mol. The summed E-state index contributed by atoms with van der Waals surface area (Å²) < 4.78 is 10.1. The van der Waals surface area contributed by atoms with E-state index in [0.717, 1.165) is 4.90 Å². The van der Waals surface area contributed by atoms with Crippen molar-refractivity contribution in [1.29, 1.82) is 0 Å². The molecule has 1 heterocycles. The fraction of sp³-hybridized carbons (Fsp3) is 0.294. The van der Waals surface area contributed by atoms with Gasteiger partial charge in [0, 0.05) is 0 Å². The van der Waals surface area contributed by atoms with Crippen molar-refractivity contribution in [1.82, 2.24) is 4.90 Å². The van der Waals surface area contributed by atoms with E-state index >= 15 is 0 Å². The Morgan fingerprint density at radius 1 is 1.33 bits per heavy atom. The van der Waals surface area contributed by atoms with Crippen LogP contribution in [0.4, 0.5) is 4.79 Å². The Bertz CT molecular complexity index is 824. The number of hydrogen-bond donors (Lipinski definition) is 1. The second-order valence-electron chi connectivity index (χ2n) is 5.75. The Balaban J connectivity index is 2.11. The maximum Gasteiger partial charge on any atom is 0.326 e. The van der Waals surface area contributed by atoms with E-state index in [0.29, 0.717) is 17.3 Å². The third-order valence-electron chi connectivity index (χ3n) is 3.15. The number of halogens is 1. The molecule has 1 aliphatic heterocycles. The first-order valence-electron chi connectivity index (χ1n) is 7.83. The molecule has 8 nitrogen and oxygen atoms in total. The number of rotatable bonds is 7. The van der Waals surface area contributed by atoms with Gasteiger partial charge in [0.05, 0.1) is 16.0 Å². The molecule has 0 spiro atoms. The molecule has 3 amide bonds. The van der Waals surface area contributed by atoms with Gasteiger partial charge in [-0.3, -0.25) is 24.1 Å². The molecule has 0 aliphatic carbocycles. The molecule has 1 aromatic rings. The minimum Gasteiger partial charge on any atom is -0.482 e. The number of thioether (sulfide) groups is 1. The highest BCUT2D eigenvalue weighted by molar-refractivity contribution is 8.18. The van der Waals surface area contributed by atoms with Crippen molar-refractivity contribution in [2.24, 2.45) is 5.73 Å². The molecule has 0 aromatic heterocycles. The van der Waals surface area contributed by atoms with Gasteiger partial charge in [-0.1, -0.05) is 17.7 Å². The number of nitrogens with zero attached hydrogens (tertiary/aromatic N) is 1. The van der Waals surface area contributed by atoms with Gasteiger partial charge in [-0.15, -0.1) is 0 Å². The van der Waals surface area contributed by atoms with E-state index in [1.807, 2.05) is 0 Å². The van der Waals surface area contributed by atoms with Crippen molar-refractivity contribution in [3.8, 4) is 5.75 Å². The Labute approximate surface area is 164 Å². The minimum absolute atomic E-state index is 0.152. The topological polar surface area (TPSA) is 116 Å². The number of primary amides is 1. The van der Waals surface area contributed by atoms with Gasteiger partial charge in [-0.2, -0.15) is 0 Å². The lowest BCUT2D eigenvalue weighted by atomic mass is 10.2. The van der Waals surface area contributed by atoms with E-state index in [4.69, 9.17) is 26.8 Å². The number of ether oxygens (including phenoxy) is 2. The van der Waals surface area contributed by atoms with E-state index in [1.54, 1.807) is 19.9 Å². The van der Waals surface area contributed by atoms with Crippen LogP contribution in [0.2, 0.25) is 5.02 Å². The summed E-state index contributed by atoms with van der Waals surface area (Å²) in [7, 11) is 0. The zero-order chi connectivity index (χ0) is 20.1. The van der Waals surface area contributed by atoms with Gasteiger partial charge in [0.2, 0.25) is 0 Å². The Morgan fingerprint density at radius 2 is 2.04 bits per heavy atom. The molecule has 0 bridgehead atoms. The second-order valence-corrected chi connectivity index (χ2v) is 7.15. The van der Waals surface area contributed by atoms with Crippen LogP contribution in [0.25, 0.3) is 6.08 Å². The number of amides is 3. The first kappa shape index (κ1) is 20.8. The third-order valence-corrected chi connectivity index (χ3v) is 4.35. The quantitative estimate of drug-likeness (QED) is 0.539. The molecule has 2 rings (SSSR count). The summed E-state index contributed by atoms with van der Waals surface area (Å²) in [5.74, 6) is -1.62. The minimum atomic E-state index is -0.660. The van der Waals surface area contributed by atoms with Crippen molar-refractivity contribution in [2.45, 2.75) is 20.0 Å². The summed E-state index contributed by atoms with van der Waals surface area (Å²) in [4.78, 5) is 47.8. The molecule has 1 aliphatic rings. The van der Waals surface area contributed by atoms with E-state index in [-0.39, 0.29) is 28.4 Å². The van der Waals surface area contributed by atoms with Gasteiger partial charge in [0.15, 0.2) is 6.61 Å². The number of hydrogen-bond acceptors (Lipinski definition) is 7. The standard InChI is InChI=1S/C17H17ClN2O6S/c1-9(2)26-15(22)7-20-16(23)13(27-17(20)24)6-10-3-4-12(11(18)5-10)25-8-14(19)21/h3-6,9H,7-8H2,1-2H3,(H2,19,21). The van der Waals surface area contributed by atoms with Crippen LogP contribution in [-0.2, 0) is 19.1 Å². The van der Waals surface area contributed by atoms with E-state index in [2.05, 4.69) is 0 Å². The normalized spacial score (nSPS) is 15.6. The van der Waals surface area contributed by atoms with Gasteiger partial charge >= 0.3 is 5.97 Å². The molecule has 10 heteroatoms.